The lowest BCUT2D eigenvalue weighted by molar-refractivity contribution is -0.143. The fraction of sp³-hybridized carbons (Fsp3) is 0.176. The quantitative estimate of drug-likeness (QED) is 0.832. The van der Waals surface area contributed by atoms with Gasteiger partial charge in [-0.25, -0.2) is 13.2 Å². The summed E-state index contributed by atoms with van der Waals surface area (Å²) in [5.41, 5.74) is 0.708. The molecule has 7 heteroatoms. The van der Waals surface area contributed by atoms with Crippen LogP contribution in [0.4, 0.5) is 0 Å². The molecule has 0 spiro atoms. The Morgan fingerprint density at radius 1 is 1.04 bits per heavy atom. The molecule has 2 rings (SSSR count). The van der Waals surface area contributed by atoms with Gasteiger partial charge in [-0.2, -0.15) is 0 Å². The van der Waals surface area contributed by atoms with Crippen LogP contribution in [0, 0.1) is 0 Å². The molecule has 1 N–H and O–H groups in total. The third kappa shape index (κ3) is 4.20. The summed E-state index contributed by atoms with van der Waals surface area (Å²) in [7, 11) is -2.20. The molecule has 0 saturated carbocycles. The molecule has 6 nitrogen and oxygen atoms in total. The van der Waals surface area contributed by atoms with Crippen molar-refractivity contribution >= 4 is 21.7 Å². The maximum atomic E-state index is 12.4. The number of benzene rings is 2. The highest BCUT2D eigenvalue weighted by molar-refractivity contribution is 7.90. The Morgan fingerprint density at radius 3 is 2.29 bits per heavy atom. The third-order valence-electron chi connectivity index (χ3n) is 3.37. The molecule has 2 aromatic rings. The number of hydrogen-bond donors (Lipinski definition) is 1. The monoisotopic (exact) mass is 347 g/mol. The number of carbonyl (C=O) groups is 2. The molecule has 1 unspecified atom stereocenters. The number of esters is 1. The number of hydrogen-bond acceptors (Lipinski definition) is 5. The first-order valence-electron chi connectivity index (χ1n) is 7.06. The first kappa shape index (κ1) is 17.7. The van der Waals surface area contributed by atoms with Crippen molar-refractivity contribution in [2.75, 3.05) is 13.4 Å². The fourth-order valence-corrected chi connectivity index (χ4v) is 2.79. The molecule has 2 aromatic carbocycles. The van der Waals surface area contributed by atoms with Crippen molar-refractivity contribution in [1.29, 1.82) is 0 Å². The number of nitrogens with one attached hydrogen (secondary N) is 1. The van der Waals surface area contributed by atoms with Gasteiger partial charge in [-0.15, -0.1) is 0 Å². The summed E-state index contributed by atoms with van der Waals surface area (Å²) in [5.74, 6) is -1.19. The molecule has 1 atom stereocenters. The molecule has 0 radical (unpaired) electrons. The van der Waals surface area contributed by atoms with Crippen molar-refractivity contribution in [2.45, 2.75) is 10.9 Å². The summed E-state index contributed by atoms with van der Waals surface area (Å²) >= 11 is 0. The van der Waals surface area contributed by atoms with Gasteiger partial charge in [0.05, 0.1) is 12.0 Å². The summed E-state index contributed by atoms with van der Waals surface area (Å²) < 4.78 is 27.9. The minimum Gasteiger partial charge on any atom is -0.467 e. The Hall–Kier alpha value is -2.67. The Labute approximate surface area is 140 Å². The average molecular weight is 347 g/mol. The van der Waals surface area contributed by atoms with Gasteiger partial charge in [-0.05, 0) is 23.8 Å². The molecular formula is C17H17NO5S. The Morgan fingerprint density at radius 2 is 1.71 bits per heavy atom. The van der Waals surface area contributed by atoms with Gasteiger partial charge in [-0.1, -0.05) is 36.4 Å². The Bertz CT molecular complexity index is 846. The predicted octanol–water partition coefficient (Wildman–Crippen LogP) is 1.73. The highest BCUT2D eigenvalue weighted by atomic mass is 32.2. The largest absolute Gasteiger partial charge is 0.467 e. The third-order valence-corrected chi connectivity index (χ3v) is 4.48. The van der Waals surface area contributed by atoms with Gasteiger partial charge < -0.3 is 10.1 Å². The van der Waals surface area contributed by atoms with E-state index in [1.807, 2.05) is 0 Å². The topological polar surface area (TPSA) is 89.5 Å². The van der Waals surface area contributed by atoms with Crippen LogP contribution in [-0.4, -0.2) is 33.7 Å². The smallest absolute Gasteiger partial charge is 0.333 e. The van der Waals surface area contributed by atoms with Crippen molar-refractivity contribution in [1.82, 2.24) is 5.32 Å². The SMILES string of the molecule is COC(=O)C(NC(=O)c1cccc(S(C)(=O)=O)c1)c1ccccc1. The second-order valence-electron chi connectivity index (χ2n) is 5.14. The summed E-state index contributed by atoms with van der Waals surface area (Å²) in [4.78, 5) is 24.4. The van der Waals surface area contributed by atoms with E-state index in [1.54, 1.807) is 30.3 Å². The summed E-state index contributed by atoms with van der Waals surface area (Å²) in [6.45, 7) is 0. The zero-order valence-corrected chi connectivity index (χ0v) is 14.0. The fourth-order valence-electron chi connectivity index (χ4n) is 2.12. The lowest BCUT2D eigenvalue weighted by Gasteiger charge is -2.17. The summed E-state index contributed by atoms with van der Waals surface area (Å²) in [6.07, 6.45) is 1.06. The second kappa shape index (κ2) is 7.27. The van der Waals surface area contributed by atoms with Crippen LogP contribution < -0.4 is 5.32 Å². The van der Waals surface area contributed by atoms with E-state index in [9.17, 15) is 18.0 Å². The number of carbonyl (C=O) groups excluding carboxylic acids is 2. The number of amides is 1. The van der Waals surface area contributed by atoms with Gasteiger partial charge in [0, 0.05) is 11.8 Å². The van der Waals surface area contributed by atoms with Crippen LogP contribution >= 0.6 is 0 Å². The van der Waals surface area contributed by atoms with Crippen LogP contribution in [0.2, 0.25) is 0 Å². The standard InChI is InChI=1S/C17H17NO5S/c1-23-17(20)15(12-7-4-3-5-8-12)18-16(19)13-9-6-10-14(11-13)24(2,21)22/h3-11,15H,1-2H3,(H,18,19). The van der Waals surface area contributed by atoms with E-state index in [4.69, 9.17) is 4.74 Å². The molecule has 0 fully saturated rings. The minimum absolute atomic E-state index is 0.0319. The molecule has 0 heterocycles. The Kier molecular flexibility index (Phi) is 5.35. The lowest BCUT2D eigenvalue weighted by atomic mass is 10.1. The van der Waals surface area contributed by atoms with Gasteiger partial charge in [0.2, 0.25) is 0 Å². The van der Waals surface area contributed by atoms with Crippen LogP contribution in [0.1, 0.15) is 22.0 Å². The van der Waals surface area contributed by atoms with Gasteiger partial charge in [0.1, 0.15) is 0 Å². The van der Waals surface area contributed by atoms with Crippen molar-refractivity contribution in [3.8, 4) is 0 Å². The average Bonchev–Trinajstić information content (AvgIpc) is 2.59. The summed E-state index contributed by atoms with van der Waals surface area (Å²) in [5, 5.41) is 2.57. The molecule has 24 heavy (non-hydrogen) atoms. The minimum atomic E-state index is -3.43. The van der Waals surface area contributed by atoms with Crippen LogP contribution in [0.15, 0.2) is 59.5 Å². The van der Waals surface area contributed by atoms with Crippen molar-refractivity contribution in [2.24, 2.45) is 0 Å². The second-order valence-corrected chi connectivity index (χ2v) is 7.16. The van der Waals surface area contributed by atoms with Gasteiger partial charge in [0.15, 0.2) is 15.9 Å². The van der Waals surface area contributed by atoms with Crippen LogP contribution in [-0.2, 0) is 19.4 Å². The number of methoxy groups -OCH3 is 1. The maximum absolute atomic E-state index is 12.4. The zero-order chi connectivity index (χ0) is 17.7. The van der Waals surface area contributed by atoms with Crippen LogP contribution in [0.5, 0.6) is 0 Å². The molecule has 0 bridgehead atoms. The van der Waals surface area contributed by atoms with Crippen molar-refractivity contribution in [3.05, 3.63) is 65.7 Å². The van der Waals surface area contributed by atoms with E-state index in [1.165, 1.54) is 31.4 Å². The Balaban J connectivity index is 2.30. The molecular weight excluding hydrogens is 330 g/mol. The normalized spacial score (nSPS) is 12.2. The molecule has 1 amide bonds. The van der Waals surface area contributed by atoms with E-state index in [0.29, 0.717) is 5.56 Å². The first-order valence-corrected chi connectivity index (χ1v) is 8.96. The maximum Gasteiger partial charge on any atom is 0.333 e. The molecule has 0 aliphatic rings. The molecule has 0 aliphatic carbocycles. The summed E-state index contributed by atoms with van der Waals surface area (Å²) in [6, 6.07) is 13.3. The molecule has 0 saturated heterocycles. The predicted molar refractivity (Wildman–Crippen MR) is 88.2 cm³/mol. The van der Waals surface area contributed by atoms with E-state index in [0.717, 1.165) is 6.26 Å². The molecule has 0 aromatic heterocycles. The van der Waals surface area contributed by atoms with Crippen LogP contribution in [0.25, 0.3) is 0 Å². The number of rotatable bonds is 5. The van der Waals surface area contributed by atoms with Gasteiger partial charge in [0.25, 0.3) is 5.91 Å². The van der Waals surface area contributed by atoms with Gasteiger partial charge >= 0.3 is 5.97 Å². The lowest BCUT2D eigenvalue weighted by Crippen LogP contribution is -2.34. The number of sulfone groups is 1. The highest BCUT2D eigenvalue weighted by Crippen LogP contribution is 2.16. The molecule has 126 valence electrons. The first-order chi connectivity index (χ1) is 11.3. The van der Waals surface area contributed by atoms with Gasteiger partial charge in [-0.3, -0.25) is 4.79 Å². The van der Waals surface area contributed by atoms with Crippen molar-refractivity contribution < 1.29 is 22.7 Å². The highest BCUT2D eigenvalue weighted by Gasteiger charge is 2.24. The van der Waals surface area contributed by atoms with E-state index < -0.39 is 27.8 Å². The zero-order valence-electron chi connectivity index (χ0n) is 13.2. The van der Waals surface area contributed by atoms with E-state index in [2.05, 4.69) is 5.32 Å². The van der Waals surface area contributed by atoms with E-state index >= 15 is 0 Å². The molecule has 0 aliphatic heterocycles. The van der Waals surface area contributed by atoms with Crippen molar-refractivity contribution in [3.63, 3.8) is 0 Å². The van der Waals surface area contributed by atoms with E-state index in [-0.39, 0.29) is 10.5 Å². The van der Waals surface area contributed by atoms with Crippen LogP contribution in [0.3, 0.4) is 0 Å². The number of ether oxygens (including phenoxy) is 1.